The molecule has 2 aliphatic heterocycles. The summed E-state index contributed by atoms with van der Waals surface area (Å²) in [4.78, 5) is 40.2. The van der Waals surface area contributed by atoms with Crippen molar-refractivity contribution >= 4 is 29.2 Å². The first-order valence-corrected chi connectivity index (χ1v) is 8.44. The Morgan fingerprint density at radius 2 is 1.77 bits per heavy atom. The molecule has 132 valence electrons. The number of nitrogens with zero attached hydrogens (tertiary/aromatic N) is 2. The Balaban J connectivity index is 1.40. The van der Waals surface area contributed by atoms with Gasteiger partial charge in [0.15, 0.2) is 0 Å². The number of hydrogen-bond acceptors (Lipinski definition) is 3. The highest BCUT2D eigenvalue weighted by molar-refractivity contribution is 6.04. The lowest BCUT2D eigenvalue weighted by Crippen LogP contribution is -2.42. The van der Waals surface area contributed by atoms with Gasteiger partial charge < -0.3 is 15.5 Å². The van der Waals surface area contributed by atoms with E-state index in [1.165, 1.54) is 4.90 Å². The summed E-state index contributed by atoms with van der Waals surface area (Å²) in [5.41, 5.74) is 2.25. The van der Waals surface area contributed by atoms with Gasteiger partial charge in [0.2, 0.25) is 5.91 Å². The summed E-state index contributed by atoms with van der Waals surface area (Å²) in [5.74, 6) is -0.622. The van der Waals surface area contributed by atoms with Crippen molar-refractivity contribution in [1.29, 1.82) is 0 Å². The van der Waals surface area contributed by atoms with Crippen LogP contribution in [-0.4, -0.2) is 42.4 Å². The first-order chi connectivity index (χ1) is 12.6. The number of amides is 4. The number of hydrogen-bond donors (Lipinski definition) is 2. The van der Waals surface area contributed by atoms with Gasteiger partial charge in [0.05, 0.1) is 0 Å². The quantitative estimate of drug-likeness (QED) is 0.881. The first kappa shape index (κ1) is 16.1. The van der Waals surface area contributed by atoms with Crippen molar-refractivity contribution in [1.82, 2.24) is 10.2 Å². The normalized spacial score (nSPS) is 18.7. The Morgan fingerprint density at radius 1 is 1.04 bits per heavy atom. The van der Waals surface area contributed by atoms with E-state index in [0.29, 0.717) is 18.8 Å². The molecule has 7 heteroatoms. The number of para-hydroxylation sites is 2. The number of nitrogens with one attached hydrogen (secondary N) is 2. The summed E-state index contributed by atoms with van der Waals surface area (Å²) in [6.07, 6.45) is 0. The zero-order chi connectivity index (χ0) is 18.1. The average Bonchev–Trinajstić information content (AvgIpc) is 3.16. The fourth-order valence-electron chi connectivity index (χ4n) is 3.31. The van der Waals surface area contributed by atoms with Crippen LogP contribution in [0.15, 0.2) is 54.6 Å². The second kappa shape index (κ2) is 6.51. The molecule has 1 atom stereocenters. The van der Waals surface area contributed by atoms with Crippen LogP contribution in [0.5, 0.6) is 0 Å². The van der Waals surface area contributed by atoms with Gasteiger partial charge in [-0.15, -0.1) is 0 Å². The van der Waals surface area contributed by atoms with E-state index >= 15 is 0 Å². The molecule has 0 saturated carbocycles. The third kappa shape index (κ3) is 2.88. The molecule has 4 rings (SSSR count). The van der Waals surface area contributed by atoms with Crippen molar-refractivity contribution < 1.29 is 14.4 Å². The van der Waals surface area contributed by atoms with Crippen molar-refractivity contribution in [3.63, 3.8) is 0 Å². The minimum absolute atomic E-state index is 0.0753. The standard InChI is InChI=1S/C19H18N4O3/c24-16(21-17-14-8-4-5-9-15(14)20-18(17)25)12-22-10-11-23(19(22)26)13-6-2-1-3-7-13/h1-9,17H,10-12H2,(H,20,25)(H,21,24). The van der Waals surface area contributed by atoms with Crippen LogP contribution >= 0.6 is 0 Å². The van der Waals surface area contributed by atoms with Gasteiger partial charge in [-0.05, 0) is 18.2 Å². The first-order valence-electron chi connectivity index (χ1n) is 8.44. The van der Waals surface area contributed by atoms with E-state index in [4.69, 9.17) is 0 Å². The predicted octanol–water partition coefficient (Wildman–Crippen LogP) is 1.74. The Labute approximate surface area is 150 Å². The van der Waals surface area contributed by atoms with E-state index < -0.39 is 6.04 Å². The fraction of sp³-hybridized carbons (Fsp3) is 0.211. The van der Waals surface area contributed by atoms with Crippen molar-refractivity contribution in [3.05, 3.63) is 60.2 Å². The molecule has 2 aromatic rings. The molecule has 26 heavy (non-hydrogen) atoms. The molecule has 0 aromatic heterocycles. The molecule has 0 bridgehead atoms. The molecule has 1 fully saturated rings. The summed E-state index contributed by atoms with van der Waals surface area (Å²) in [5, 5.41) is 5.46. The van der Waals surface area contributed by atoms with Gasteiger partial charge in [0.1, 0.15) is 12.6 Å². The molecule has 0 radical (unpaired) electrons. The summed E-state index contributed by atoms with van der Waals surface area (Å²) in [6.45, 7) is 0.922. The van der Waals surface area contributed by atoms with E-state index in [0.717, 1.165) is 11.3 Å². The zero-order valence-electron chi connectivity index (χ0n) is 14.0. The van der Waals surface area contributed by atoms with Crippen LogP contribution in [0.2, 0.25) is 0 Å². The molecule has 0 aliphatic carbocycles. The van der Waals surface area contributed by atoms with Crippen LogP contribution in [0.3, 0.4) is 0 Å². The highest BCUT2D eigenvalue weighted by atomic mass is 16.2. The lowest BCUT2D eigenvalue weighted by molar-refractivity contribution is -0.126. The maximum atomic E-state index is 12.5. The van der Waals surface area contributed by atoms with Crippen LogP contribution in [-0.2, 0) is 9.59 Å². The maximum Gasteiger partial charge on any atom is 0.325 e. The number of fused-ring (bicyclic) bond motifs is 1. The molecule has 0 spiro atoms. The molecule has 7 nitrogen and oxygen atoms in total. The Kier molecular flexibility index (Phi) is 4.04. The molecule has 1 saturated heterocycles. The number of rotatable bonds is 4. The zero-order valence-corrected chi connectivity index (χ0v) is 14.0. The number of carbonyl (C=O) groups is 3. The minimum Gasteiger partial charge on any atom is -0.339 e. The Morgan fingerprint density at radius 3 is 2.58 bits per heavy atom. The average molecular weight is 350 g/mol. The fourth-order valence-corrected chi connectivity index (χ4v) is 3.31. The van der Waals surface area contributed by atoms with Crippen molar-refractivity contribution in [2.75, 3.05) is 29.9 Å². The number of benzene rings is 2. The van der Waals surface area contributed by atoms with Gasteiger partial charge in [-0.1, -0.05) is 36.4 Å². The molecular weight excluding hydrogens is 332 g/mol. The van der Waals surface area contributed by atoms with Crippen LogP contribution in [0.1, 0.15) is 11.6 Å². The SMILES string of the molecule is O=C(CN1CCN(c2ccccc2)C1=O)NC1C(=O)Nc2ccccc21. The van der Waals surface area contributed by atoms with Gasteiger partial charge in [-0.3, -0.25) is 14.5 Å². The number of carbonyl (C=O) groups excluding carboxylic acids is 3. The lowest BCUT2D eigenvalue weighted by atomic mass is 10.1. The second-order valence-corrected chi connectivity index (χ2v) is 6.27. The molecule has 2 aliphatic rings. The van der Waals surface area contributed by atoms with Gasteiger partial charge in [-0.25, -0.2) is 4.79 Å². The van der Waals surface area contributed by atoms with Gasteiger partial charge in [0, 0.05) is 30.0 Å². The van der Waals surface area contributed by atoms with Crippen LogP contribution in [0.25, 0.3) is 0 Å². The van der Waals surface area contributed by atoms with E-state index in [1.54, 1.807) is 17.0 Å². The summed E-state index contributed by atoms with van der Waals surface area (Å²) in [6, 6.07) is 15.7. The van der Waals surface area contributed by atoms with E-state index in [1.807, 2.05) is 42.5 Å². The van der Waals surface area contributed by atoms with Crippen LogP contribution in [0, 0.1) is 0 Å². The molecule has 2 aromatic carbocycles. The highest BCUT2D eigenvalue weighted by Crippen LogP contribution is 2.30. The van der Waals surface area contributed by atoms with Gasteiger partial charge in [-0.2, -0.15) is 0 Å². The Bertz CT molecular complexity index is 868. The van der Waals surface area contributed by atoms with Crippen molar-refractivity contribution in [3.8, 4) is 0 Å². The molecule has 1 unspecified atom stereocenters. The Hall–Kier alpha value is -3.35. The lowest BCUT2D eigenvalue weighted by Gasteiger charge is -2.19. The monoisotopic (exact) mass is 350 g/mol. The van der Waals surface area contributed by atoms with Crippen LogP contribution in [0.4, 0.5) is 16.2 Å². The van der Waals surface area contributed by atoms with E-state index in [2.05, 4.69) is 10.6 Å². The van der Waals surface area contributed by atoms with Crippen molar-refractivity contribution in [2.24, 2.45) is 0 Å². The topological polar surface area (TPSA) is 81.8 Å². The largest absolute Gasteiger partial charge is 0.339 e. The third-order valence-electron chi connectivity index (χ3n) is 4.59. The van der Waals surface area contributed by atoms with Crippen molar-refractivity contribution in [2.45, 2.75) is 6.04 Å². The summed E-state index contributed by atoms with van der Waals surface area (Å²) >= 11 is 0. The third-order valence-corrected chi connectivity index (χ3v) is 4.59. The van der Waals surface area contributed by atoms with Gasteiger partial charge in [0.25, 0.3) is 5.91 Å². The van der Waals surface area contributed by atoms with Crippen LogP contribution < -0.4 is 15.5 Å². The molecule has 2 heterocycles. The number of urea groups is 1. The molecular formula is C19H18N4O3. The van der Waals surface area contributed by atoms with E-state index in [9.17, 15) is 14.4 Å². The highest BCUT2D eigenvalue weighted by Gasteiger charge is 2.34. The molecule has 2 N–H and O–H groups in total. The second-order valence-electron chi connectivity index (χ2n) is 6.27. The van der Waals surface area contributed by atoms with E-state index in [-0.39, 0.29) is 24.4 Å². The van der Waals surface area contributed by atoms with Gasteiger partial charge >= 0.3 is 6.03 Å². The molecule has 4 amide bonds. The predicted molar refractivity (Wildman–Crippen MR) is 96.7 cm³/mol. The summed E-state index contributed by atoms with van der Waals surface area (Å²) in [7, 11) is 0. The number of anilines is 2. The smallest absolute Gasteiger partial charge is 0.325 e. The maximum absolute atomic E-state index is 12.5. The summed E-state index contributed by atoms with van der Waals surface area (Å²) < 4.78 is 0. The minimum atomic E-state index is -0.721.